The van der Waals surface area contributed by atoms with Gasteiger partial charge in [-0.05, 0) is 18.2 Å². The molecule has 1 aromatic carbocycles. The van der Waals surface area contributed by atoms with E-state index in [4.69, 9.17) is 10.5 Å². The Balaban J connectivity index is 1.67. The third-order valence-electron chi connectivity index (χ3n) is 4.01. The van der Waals surface area contributed by atoms with E-state index in [2.05, 4.69) is 4.98 Å². The van der Waals surface area contributed by atoms with Crippen LogP contribution in [0.25, 0.3) is 0 Å². The van der Waals surface area contributed by atoms with Gasteiger partial charge >= 0.3 is 6.18 Å². The van der Waals surface area contributed by atoms with Gasteiger partial charge in [0.2, 0.25) is 5.88 Å². The number of primary amides is 1. The van der Waals surface area contributed by atoms with Crippen LogP contribution < -0.4 is 15.4 Å². The molecule has 3 rings (SSSR count). The first-order valence-electron chi connectivity index (χ1n) is 7.68. The summed E-state index contributed by atoms with van der Waals surface area (Å²) in [6.07, 6.45) is -3.24. The molecule has 0 saturated carbocycles. The molecule has 0 bridgehead atoms. The number of carbonyl (C=O) groups excluding carboxylic acids is 1. The minimum Gasteiger partial charge on any atom is -0.472 e. The summed E-state index contributed by atoms with van der Waals surface area (Å²) in [7, 11) is 0. The summed E-state index contributed by atoms with van der Waals surface area (Å²) in [6.45, 7) is 1.14. The van der Waals surface area contributed by atoms with Crippen molar-refractivity contribution in [2.45, 2.75) is 18.7 Å². The zero-order valence-corrected chi connectivity index (χ0v) is 13.2. The van der Waals surface area contributed by atoms with Crippen LogP contribution >= 0.6 is 0 Å². The fraction of sp³-hybridized carbons (Fsp3) is 0.294. The van der Waals surface area contributed by atoms with E-state index in [-0.39, 0.29) is 12.0 Å². The predicted octanol–water partition coefficient (Wildman–Crippen LogP) is 2.86. The van der Waals surface area contributed by atoms with Gasteiger partial charge in [0.15, 0.2) is 0 Å². The Labute approximate surface area is 142 Å². The third-order valence-corrected chi connectivity index (χ3v) is 4.01. The van der Waals surface area contributed by atoms with Crippen LogP contribution in [0.5, 0.6) is 5.88 Å². The molecule has 2 N–H and O–H groups in total. The zero-order chi connectivity index (χ0) is 18.0. The highest BCUT2D eigenvalue weighted by molar-refractivity contribution is 5.98. The zero-order valence-electron chi connectivity index (χ0n) is 13.2. The number of nitrogens with zero attached hydrogens (tertiary/aromatic N) is 2. The number of benzene rings is 1. The highest BCUT2D eigenvalue weighted by Gasteiger charge is 2.31. The van der Waals surface area contributed by atoms with Gasteiger partial charge in [0.05, 0.1) is 17.7 Å². The smallest absolute Gasteiger partial charge is 0.417 e. The van der Waals surface area contributed by atoms with Crippen molar-refractivity contribution in [1.29, 1.82) is 0 Å². The van der Waals surface area contributed by atoms with Gasteiger partial charge in [0, 0.05) is 30.9 Å². The lowest BCUT2D eigenvalue weighted by Crippen LogP contribution is -2.27. The Bertz CT molecular complexity index is 762. The molecule has 0 radical (unpaired) electrons. The Hall–Kier alpha value is -2.77. The Morgan fingerprint density at radius 1 is 1.24 bits per heavy atom. The summed E-state index contributed by atoms with van der Waals surface area (Å²) in [6, 6.07) is 9.16. The van der Waals surface area contributed by atoms with Gasteiger partial charge in [-0.1, -0.05) is 12.1 Å². The number of hydrogen-bond donors (Lipinski definition) is 1. The van der Waals surface area contributed by atoms with Crippen LogP contribution in [0.2, 0.25) is 0 Å². The summed E-state index contributed by atoms with van der Waals surface area (Å²) in [5.74, 6) is -0.368. The number of amides is 1. The van der Waals surface area contributed by atoms with E-state index in [0.29, 0.717) is 25.1 Å². The second-order valence-electron chi connectivity index (χ2n) is 5.74. The molecule has 8 heteroatoms. The second-order valence-corrected chi connectivity index (χ2v) is 5.74. The molecule has 2 aromatic rings. The summed E-state index contributed by atoms with van der Waals surface area (Å²) in [5, 5.41) is 0. The van der Waals surface area contributed by atoms with E-state index in [0.717, 1.165) is 18.0 Å². The van der Waals surface area contributed by atoms with E-state index in [1.807, 2.05) is 11.0 Å². The SMILES string of the molecule is NC(=O)c1ccccc1N1CC[C@@H](Oc2ccc(C(F)(F)F)cn2)C1. The van der Waals surface area contributed by atoms with Crippen LogP contribution in [0.15, 0.2) is 42.6 Å². The second kappa shape index (κ2) is 6.62. The van der Waals surface area contributed by atoms with Crippen LogP contribution in [0.1, 0.15) is 22.3 Å². The largest absolute Gasteiger partial charge is 0.472 e. The molecule has 0 unspecified atom stereocenters. The van der Waals surface area contributed by atoms with Crippen LogP contribution in [0.4, 0.5) is 18.9 Å². The van der Waals surface area contributed by atoms with Gasteiger partial charge in [-0.2, -0.15) is 13.2 Å². The molecule has 0 aliphatic carbocycles. The maximum absolute atomic E-state index is 12.5. The number of hydrogen-bond acceptors (Lipinski definition) is 4. The van der Waals surface area contributed by atoms with Gasteiger partial charge in [0.25, 0.3) is 5.91 Å². The summed E-state index contributed by atoms with van der Waals surface area (Å²) < 4.78 is 43.3. The standard InChI is InChI=1S/C17H16F3N3O2/c18-17(19,20)11-5-6-15(22-9-11)25-12-7-8-23(10-12)14-4-2-1-3-13(14)16(21)24/h1-6,9,12H,7-8,10H2,(H2,21,24)/t12-/m1/s1. The molecule has 25 heavy (non-hydrogen) atoms. The third kappa shape index (κ3) is 3.84. The van der Waals surface area contributed by atoms with Gasteiger partial charge in [-0.3, -0.25) is 4.79 Å². The van der Waals surface area contributed by atoms with Crippen molar-refractivity contribution < 1.29 is 22.7 Å². The quantitative estimate of drug-likeness (QED) is 0.920. The fourth-order valence-electron chi connectivity index (χ4n) is 2.79. The Morgan fingerprint density at radius 2 is 2.00 bits per heavy atom. The number of pyridine rings is 1. The van der Waals surface area contributed by atoms with Crippen LogP contribution in [-0.2, 0) is 6.18 Å². The predicted molar refractivity (Wildman–Crippen MR) is 85.4 cm³/mol. The lowest BCUT2D eigenvalue weighted by Gasteiger charge is -2.21. The van der Waals surface area contributed by atoms with Gasteiger partial charge in [-0.25, -0.2) is 4.98 Å². The molecule has 1 amide bonds. The molecule has 0 spiro atoms. The van der Waals surface area contributed by atoms with Gasteiger partial charge < -0.3 is 15.4 Å². The summed E-state index contributed by atoms with van der Waals surface area (Å²) in [4.78, 5) is 17.2. The normalized spacial score (nSPS) is 17.6. The van der Waals surface area contributed by atoms with Gasteiger partial charge in [0.1, 0.15) is 6.10 Å². The van der Waals surface area contributed by atoms with Crippen molar-refractivity contribution in [3.05, 3.63) is 53.7 Å². The maximum atomic E-state index is 12.5. The molecule has 1 saturated heterocycles. The Morgan fingerprint density at radius 3 is 2.64 bits per heavy atom. The molecule has 1 aromatic heterocycles. The number of halogens is 3. The highest BCUT2D eigenvalue weighted by Crippen LogP contribution is 2.30. The highest BCUT2D eigenvalue weighted by atomic mass is 19.4. The average molecular weight is 351 g/mol. The molecule has 132 valence electrons. The lowest BCUT2D eigenvalue weighted by molar-refractivity contribution is -0.137. The van der Waals surface area contributed by atoms with Crippen molar-refractivity contribution >= 4 is 11.6 Å². The van der Waals surface area contributed by atoms with Crippen LogP contribution in [0.3, 0.4) is 0 Å². The van der Waals surface area contributed by atoms with Crippen molar-refractivity contribution in [3.8, 4) is 5.88 Å². The van der Waals surface area contributed by atoms with E-state index >= 15 is 0 Å². The number of aromatic nitrogens is 1. The van der Waals surface area contributed by atoms with Crippen molar-refractivity contribution in [2.75, 3.05) is 18.0 Å². The molecule has 1 aliphatic rings. The summed E-state index contributed by atoms with van der Waals surface area (Å²) >= 11 is 0. The number of alkyl halides is 3. The maximum Gasteiger partial charge on any atom is 0.417 e. The molecule has 1 atom stereocenters. The summed E-state index contributed by atoms with van der Waals surface area (Å²) in [5.41, 5.74) is 5.72. The minimum absolute atomic E-state index is 0.142. The van der Waals surface area contributed by atoms with E-state index in [9.17, 15) is 18.0 Å². The monoisotopic (exact) mass is 351 g/mol. The van der Waals surface area contributed by atoms with E-state index in [1.54, 1.807) is 18.2 Å². The van der Waals surface area contributed by atoms with Crippen LogP contribution in [0, 0.1) is 0 Å². The minimum atomic E-state index is -4.42. The number of anilines is 1. The molecular formula is C17H16F3N3O2. The average Bonchev–Trinajstić information content (AvgIpc) is 3.03. The molecule has 1 aliphatic heterocycles. The molecular weight excluding hydrogens is 335 g/mol. The fourth-order valence-corrected chi connectivity index (χ4v) is 2.79. The number of carbonyl (C=O) groups is 1. The van der Waals surface area contributed by atoms with E-state index < -0.39 is 17.6 Å². The number of ether oxygens (including phenoxy) is 1. The Kier molecular flexibility index (Phi) is 4.52. The van der Waals surface area contributed by atoms with Crippen LogP contribution in [-0.4, -0.2) is 30.1 Å². The lowest BCUT2D eigenvalue weighted by atomic mass is 10.1. The van der Waals surface area contributed by atoms with Crippen molar-refractivity contribution in [1.82, 2.24) is 4.98 Å². The topological polar surface area (TPSA) is 68.5 Å². The molecule has 2 heterocycles. The first-order chi connectivity index (χ1) is 11.8. The number of rotatable bonds is 4. The first-order valence-corrected chi connectivity index (χ1v) is 7.68. The number of para-hydroxylation sites is 1. The molecule has 1 fully saturated rings. The molecule has 5 nitrogen and oxygen atoms in total. The van der Waals surface area contributed by atoms with Gasteiger partial charge in [-0.15, -0.1) is 0 Å². The van der Waals surface area contributed by atoms with Crippen molar-refractivity contribution in [3.63, 3.8) is 0 Å². The first kappa shape index (κ1) is 17.1. The van der Waals surface area contributed by atoms with E-state index in [1.165, 1.54) is 6.07 Å². The number of nitrogens with two attached hydrogens (primary N) is 1. The van der Waals surface area contributed by atoms with Crippen molar-refractivity contribution in [2.24, 2.45) is 5.73 Å².